The van der Waals surface area contributed by atoms with E-state index in [1.807, 2.05) is 16.8 Å². The van der Waals surface area contributed by atoms with E-state index in [0.717, 1.165) is 17.7 Å². The zero-order valence-electron chi connectivity index (χ0n) is 13.3. The summed E-state index contributed by atoms with van der Waals surface area (Å²) in [5, 5.41) is 10.4. The SMILES string of the molecule is C[C@@H](NC(=O)CCc1nc(-c2ccsc2)no1)c1ccc(F)cc1F. The lowest BCUT2D eigenvalue weighted by Gasteiger charge is -2.14. The number of aromatic nitrogens is 2. The topological polar surface area (TPSA) is 68.0 Å². The van der Waals surface area contributed by atoms with Gasteiger partial charge < -0.3 is 9.84 Å². The van der Waals surface area contributed by atoms with Crippen LogP contribution in [0.3, 0.4) is 0 Å². The van der Waals surface area contributed by atoms with Crippen molar-refractivity contribution in [1.82, 2.24) is 15.5 Å². The van der Waals surface area contributed by atoms with Crippen molar-refractivity contribution in [1.29, 1.82) is 0 Å². The molecule has 0 saturated heterocycles. The molecule has 25 heavy (non-hydrogen) atoms. The molecule has 0 bridgehead atoms. The van der Waals surface area contributed by atoms with Gasteiger partial charge >= 0.3 is 0 Å². The van der Waals surface area contributed by atoms with Gasteiger partial charge in [-0.3, -0.25) is 4.79 Å². The first-order chi connectivity index (χ1) is 12.0. The molecule has 1 amide bonds. The first-order valence-electron chi connectivity index (χ1n) is 7.62. The van der Waals surface area contributed by atoms with Gasteiger partial charge in [0.15, 0.2) is 0 Å². The van der Waals surface area contributed by atoms with Crippen LogP contribution in [-0.2, 0) is 11.2 Å². The van der Waals surface area contributed by atoms with Crippen LogP contribution in [-0.4, -0.2) is 16.0 Å². The molecule has 2 aromatic heterocycles. The monoisotopic (exact) mass is 363 g/mol. The lowest BCUT2D eigenvalue weighted by atomic mass is 10.1. The van der Waals surface area contributed by atoms with E-state index in [2.05, 4.69) is 15.5 Å². The molecule has 0 aliphatic heterocycles. The molecule has 0 saturated carbocycles. The number of aryl methyl sites for hydroxylation is 1. The van der Waals surface area contributed by atoms with Crippen LogP contribution < -0.4 is 5.32 Å². The Balaban J connectivity index is 1.54. The van der Waals surface area contributed by atoms with Gasteiger partial charge in [-0.05, 0) is 24.4 Å². The number of carbonyl (C=O) groups is 1. The predicted octanol–water partition coefficient (Wildman–Crippen LogP) is 3.89. The summed E-state index contributed by atoms with van der Waals surface area (Å²) in [7, 11) is 0. The van der Waals surface area contributed by atoms with E-state index in [1.165, 1.54) is 17.4 Å². The quantitative estimate of drug-likeness (QED) is 0.721. The fourth-order valence-corrected chi connectivity index (χ4v) is 2.96. The number of thiophene rings is 1. The van der Waals surface area contributed by atoms with Crippen LogP contribution in [0, 0.1) is 11.6 Å². The maximum Gasteiger partial charge on any atom is 0.227 e. The highest BCUT2D eigenvalue weighted by Gasteiger charge is 2.16. The van der Waals surface area contributed by atoms with Gasteiger partial charge in [0.05, 0.1) is 6.04 Å². The van der Waals surface area contributed by atoms with Gasteiger partial charge in [-0.1, -0.05) is 11.2 Å². The number of nitrogens with one attached hydrogen (secondary N) is 1. The highest BCUT2D eigenvalue weighted by molar-refractivity contribution is 7.08. The third-order valence-electron chi connectivity index (χ3n) is 3.62. The Labute approximate surface area is 146 Å². The highest BCUT2D eigenvalue weighted by atomic mass is 32.1. The number of hydrogen-bond donors (Lipinski definition) is 1. The van der Waals surface area contributed by atoms with Gasteiger partial charge in [-0.15, -0.1) is 0 Å². The molecule has 8 heteroatoms. The fraction of sp³-hybridized carbons (Fsp3) is 0.235. The number of rotatable bonds is 6. The van der Waals surface area contributed by atoms with Crippen molar-refractivity contribution in [3.05, 3.63) is 58.1 Å². The summed E-state index contributed by atoms with van der Waals surface area (Å²) in [6.07, 6.45) is 0.403. The lowest BCUT2D eigenvalue weighted by Crippen LogP contribution is -2.27. The van der Waals surface area contributed by atoms with Crippen LogP contribution in [0.4, 0.5) is 8.78 Å². The van der Waals surface area contributed by atoms with Crippen LogP contribution in [0.25, 0.3) is 11.4 Å². The molecular formula is C17H15F2N3O2S. The molecule has 1 N–H and O–H groups in total. The van der Waals surface area contributed by atoms with E-state index < -0.39 is 17.7 Å². The molecule has 0 aliphatic carbocycles. The number of benzene rings is 1. The third kappa shape index (κ3) is 4.27. The second kappa shape index (κ2) is 7.52. The average Bonchev–Trinajstić information content (AvgIpc) is 3.24. The largest absolute Gasteiger partial charge is 0.349 e. The van der Waals surface area contributed by atoms with Crippen LogP contribution in [0.1, 0.15) is 30.8 Å². The maximum atomic E-state index is 13.7. The molecule has 0 aliphatic rings. The van der Waals surface area contributed by atoms with Gasteiger partial charge in [0.1, 0.15) is 11.6 Å². The summed E-state index contributed by atoms with van der Waals surface area (Å²) < 4.78 is 31.8. The number of nitrogens with zero attached hydrogens (tertiary/aromatic N) is 2. The van der Waals surface area contributed by atoms with Crippen molar-refractivity contribution in [2.45, 2.75) is 25.8 Å². The van der Waals surface area contributed by atoms with Gasteiger partial charge in [0, 0.05) is 35.4 Å². The Morgan fingerprint density at radius 2 is 2.20 bits per heavy atom. The molecule has 3 rings (SSSR count). The summed E-state index contributed by atoms with van der Waals surface area (Å²) in [6.45, 7) is 1.63. The van der Waals surface area contributed by atoms with E-state index in [-0.39, 0.29) is 24.3 Å². The van der Waals surface area contributed by atoms with Crippen molar-refractivity contribution in [3.8, 4) is 11.4 Å². The maximum absolute atomic E-state index is 13.7. The second-order valence-electron chi connectivity index (χ2n) is 5.48. The Morgan fingerprint density at radius 1 is 1.36 bits per heavy atom. The summed E-state index contributed by atoms with van der Waals surface area (Å²) in [5.74, 6) is -0.787. The summed E-state index contributed by atoms with van der Waals surface area (Å²) in [4.78, 5) is 16.3. The van der Waals surface area contributed by atoms with Crippen molar-refractivity contribution in [3.63, 3.8) is 0 Å². The minimum Gasteiger partial charge on any atom is -0.349 e. The molecule has 1 atom stereocenters. The van der Waals surface area contributed by atoms with Crippen LogP contribution in [0.15, 0.2) is 39.5 Å². The number of hydrogen-bond acceptors (Lipinski definition) is 5. The molecule has 3 aromatic rings. The Kier molecular flexibility index (Phi) is 5.18. The molecule has 130 valence electrons. The molecule has 1 aromatic carbocycles. The Morgan fingerprint density at radius 3 is 2.92 bits per heavy atom. The minimum absolute atomic E-state index is 0.123. The molecule has 2 heterocycles. The van der Waals surface area contributed by atoms with E-state index in [9.17, 15) is 13.6 Å². The standard InChI is InChI=1S/C17H15F2N3O2S/c1-10(13-3-2-12(18)8-14(13)19)20-15(23)4-5-16-21-17(22-24-16)11-6-7-25-9-11/h2-3,6-10H,4-5H2,1H3,(H,20,23)/t10-/m1/s1. The Bertz CT molecular complexity index is 865. The molecule has 5 nitrogen and oxygen atoms in total. The molecule has 0 fully saturated rings. The van der Waals surface area contributed by atoms with Gasteiger partial charge in [-0.25, -0.2) is 8.78 Å². The van der Waals surface area contributed by atoms with Crippen molar-refractivity contribution in [2.75, 3.05) is 0 Å². The second-order valence-corrected chi connectivity index (χ2v) is 6.26. The molecule has 0 unspecified atom stereocenters. The van der Waals surface area contributed by atoms with E-state index in [0.29, 0.717) is 11.7 Å². The number of amides is 1. The van der Waals surface area contributed by atoms with E-state index >= 15 is 0 Å². The van der Waals surface area contributed by atoms with Crippen molar-refractivity contribution >= 4 is 17.2 Å². The summed E-state index contributed by atoms with van der Waals surface area (Å²) >= 11 is 1.53. The number of halogens is 2. The Hall–Kier alpha value is -2.61. The van der Waals surface area contributed by atoms with E-state index in [1.54, 1.807) is 6.92 Å². The highest BCUT2D eigenvalue weighted by Crippen LogP contribution is 2.20. The normalized spacial score (nSPS) is 12.1. The van der Waals surface area contributed by atoms with Gasteiger partial charge in [0.25, 0.3) is 0 Å². The van der Waals surface area contributed by atoms with Crippen LogP contribution >= 0.6 is 11.3 Å². The van der Waals surface area contributed by atoms with Gasteiger partial charge in [-0.2, -0.15) is 16.3 Å². The summed E-state index contributed by atoms with van der Waals surface area (Å²) in [6, 6.07) is 4.58. The third-order valence-corrected chi connectivity index (χ3v) is 4.30. The van der Waals surface area contributed by atoms with Crippen LogP contribution in [0.2, 0.25) is 0 Å². The average molecular weight is 363 g/mol. The minimum atomic E-state index is -0.690. The molecular weight excluding hydrogens is 348 g/mol. The smallest absolute Gasteiger partial charge is 0.227 e. The zero-order chi connectivity index (χ0) is 17.8. The molecule has 0 spiro atoms. The van der Waals surface area contributed by atoms with Crippen molar-refractivity contribution in [2.24, 2.45) is 0 Å². The lowest BCUT2D eigenvalue weighted by molar-refractivity contribution is -0.121. The van der Waals surface area contributed by atoms with Crippen LogP contribution in [0.5, 0.6) is 0 Å². The van der Waals surface area contributed by atoms with Gasteiger partial charge in [0.2, 0.25) is 17.6 Å². The van der Waals surface area contributed by atoms with E-state index in [4.69, 9.17) is 4.52 Å². The number of carbonyl (C=O) groups excluding carboxylic acids is 1. The molecule has 0 radical (unpaired) electrons. The first-order valence-corrected chi connectivity index (χ1v) is 8.56. The first kappa shape index (κ1) is 17.2. The summed E-state index contributed by atoms with van der Waals surface area (Å²) in [5.41, 5.74) is 1.09. The predicted molar refractivity (Wildman–Crippen MR) is 88.8 cm³/mol. The fourth-order valence-electron chi connectivity index (χ4n) is 2.33. The zero-order valence-corrected chi connectivity index (χ0v) is 14.1. The van der Waals surface area contributed by atoms with Crippen molar-refractivity contribution < 1.29 is 18.1 Å².